The average Bonchev–Trinajstić information content (AvgIpc) is 3.14. The Labute approximate surface area is 105 Å². The Bertz CT molecular complexity index is 498. The molecule has 0 saturated heterocycles. The highest BCUT2D eigenvalue weighted by atomic mass is 35.5. The highest BCUT2D eigenvalue weighted by molar-refractivity contribution is 6.33. The van der Waals surface area contributed by atoms with Gasteiger partial charge >= 0.3 is 0 Å². The lowest BCUT2D eigenvalue weighted by molar-refractivity contribution is -0.117. The monoisotopic (exact) mass is 249 g/mol. The normalized spacial score (nSPS) is 13.8. The molecule has 2 rings (SSSR count). The first-order valence-corrected chi connectivity index (χ1v) is 5.78. The van der Waals surface area contributed by atoms with E-state index in [2.05, 4.69) is 17.2 Å². The average molecular weight is 250 g/mol. The van der Waals surface area contributed by atoms with E-state index in [4.69, 9.17) is 16.7 Å². The van der Waals surface area contributed by atoms with E-state index in [1.54, 1.807) is 18.2 Å². The van der Waals surface area contributed by atoms with Gasteiger partial charge in [-0.2, -0.15) is 0 Å². The standard InChI is InChI=1S/C13H12ClNO2/c14-11-6-3-9(2-1-7-16)8-12(11)15-13(17)10-4-5-10/h3,6,8,10,16H,4-5,7H2,(H,15,17). The molecule has 1 aliphatic carbocycles. The number of aliphatic hydroxyl groups excluding tert-OH is 1. The third-order valence-corrected chi connectivity index (χ3v) is 2.81. The van der Waals surface area contributed by atoms with E-state index in [0.717, 1.165) is 18.4 Å². The summed E-state index contributed by atoms with van der Waals surface area (Å²) in [4.78, 5) is 11.6. The topological polar surface area (TPSA) is 49.3 Å². The van der Waals surface area contributed by atoms with Gasteiger partial charge in [0.25, 0.3) is 0 Å². The lowest BCUT2D eigenvalue weighted by atomic mass is 10.2. The van der Waals surface area contributed by atoms with Gasteiger partial charge < -0.3 is 10.4 Å². The summed E-state index contributed by atoms with van der Waals surface area (Å²) in [6.45, 7) is -0.188. The maximum absolute atomic E-state index is 11.6. The van der Waals surface area contributed by atoms with Crippen LogP contribution in [0.5, 0.6) is 0 Å². The summed E-state index contributed by atoms with van der Waals surface area (Å²) in [6, 6.07) is 5.15. The lowest BCUT2D eigenvalue weighted by Gasteiger charge is -2.06. The van der Waals surface area contributed by atoms with Crippen molar-refractivity contribution in [2.75, 3.05) is 11.9 Å². The molecule has 0 aliphatic heterocycles. The number of carbonyl (C=O) groups excluding carboxylic acids is 1. The second-order valence-corrected chi connectivity index (χ2v) is 4.33. The highest BCUT2D eigenvalue weighted by Crippen LogP contribution is 2.31. The van der Waals surface area contributed by atoms with E-state index in [1.165, 1.54) is 0 Å². The van der Waals surface area contributed by atoms with Gasteiger partial charge in [0, 0.05) is 11.5 Å². The van der Waals surface area contributed by atoms with Gasteiger partial charge in [-0.1, -0.05) is 23.4 Å². The first kappa shape index (κ1) is 12.0. The first-order valence-electron chi connectivity index (χ1n) is 5.41. The van der Waals surface area contributed by atoms with Crippen molar-refractivity contribution < 1.29 is 9.90 Å². The molecule has 1 aromatic carbocycles. The predicted molar refractivity (Wildman–Crippen MR) is 66.8 cm³/mol. The molecule has 0 atom stereocenters. The largest absolute Gasteiger partial charge is 0.384 e. The minimum Gasteiger partial charge on any atom is -0.384 e. The van der Waals surface area contributed by atoms with Gasteiger partial charge in [-0.05, 0) is 31.0 Å². The van der Waals surface area contributed by atoms with E-state index in [-0.39, 0.29) is 18.4 Å². The molecule has 88 valence electrons. The Morgan fingerprint density at radius 2 is 2.29 bits per heavy atom. The SMILES string of the molecule is O=C(Nc1cc(C#CCO)ccc1Cl)C1CC1. The second-order valence-electron chi connectivity index (χ2n) is 3.92. The molecule has 0 radical (unpaired) electrons. The predicted octanol–water partition coefficient (Wildman–Crippen LogP) is 2.03. The molecule has 1 aromatic rings. The Morgan fingerprint density at radius 3 is 2.94 bits per heavy atom. The fourth-order valence-electron chi connectivity index (χ4n) is 1.42. The summed E-state index contributed by atoms with van der Waals surface area (Å²) < 4.78 is 0. The van der Waals surface area contributed by atoms with Crippen LogP contribution in [0, 0.1) is 17.8 Å². The summed E-state index contributed by atoms with van der Waals surface area (Å²) in [5.41, 5.74) is 1.29. The molecule has 3 nitrogen and oxygen atoms in total. The number of hydrogen-bond donors (Lipinski definition) is 2. The quantitative estimate of drug-likeness (QED) is 0.788. The van der Waals surface area contributed by atoms with Crippen LogP contribution in [-0.4, -0.2) is 17.6 Å². The summed E-state index contributed by atoms with van der Waals surface area (Å²) in [5, 5.41) is 11.9. The van der Waals surface area contributed by atoms with Crippen molar-refractivity contribution in [2.24, 2.45) is 5.92 Å². The molecule has 4 heteroatoms. The molecule has 1 amide bonds. The van der Waals surface area contributed by atoms with Crippen molar-refractivity contribution in [3.05, 3.63) is 28.8 Å². The van der Waals surface area contributed by atoms with Crippen molar-refractivity contribution in [2.45, 2.75) is 12.8 Å². The molecule has 0 spiro atoms. The number of amides is 1. The van der Waals surface area contributed by atoms with E-state index in [0.29, 0.717) is 10.7 Å². The van der Waals surface area contributed by atoms with Gasteiger partial charge in [0.05, 0.1) is 10.7 Å². The third-order valence-electron chi connectivity index (χ3n) is 2.48. The van der Waals surface area contributed by atoms with Crippen molar-refractivity contribution >= 4 is 23.2 Å². The van der Waals surface area contributed by atoms with Gasteiger partial charge in [-0.3, -0.25) is 4.79 Å². The van der Waals surface area contributed by atoms with Crippen molar-refractivity contribution in [3.63, 3.8) is 0 Å². The van der Waals surface area contributed by atoms with E-state index >= 15 is 0 Å². The minimum atomic E-state index is -0.188. The summed E-state index contributed by atoms with van der Waals surface area (Å²) in [5.74, 6) is 5.47. The maximum atomic E-state index is 11.6. The Balaban J connectivity index is 2.16. The summed E-state index contributed by atoms with van der Waals surface area (Å²) in [7, 11) is 0. The molecule has 0 bridgehead atoms. The van der Waals surface area contributed by atoms with Crippen LogP contribution in [0.1, 0.15) is 18.4 Å². The molecular weight excluding hydrogens is 238 g/mol. The zero-order valence-electron chi connectivity index (χ0n) is 9.16. The second kappa shape index (κ2) is 5.22. The summed E-state index contributed by atoms with van der Waals surface area (Å²) in [6.07, 6.45) is 1.90. The van der Waals surface area contributed by atoms with Crippen molar-refractivity contribution in [3.8, 4) is 11.8 Å². The third kappa shape index (κ3) is 3.23. The van der Waals surface area contributed by atoms with Crippen LogP contribution in [0.4, 0.5) is 5.69 Å². The van der Waals surface area contributed by atoms with Crippen LogP contribution >= 0.6 is 11.6 Å². The highest BCUT2D eigenvalue weighted by Gasteiger charge is 2.29. The van der Waals surface area contributed by atoms with Crippen LogP contribution in [-0.2, 0) is 4.79 Å². The molecule has 1 fully saturated rings. The lowest BCUT2D eigenvalue weighted by Crippen LogP contribution is -2.13. The van der Waals surface area contributed by atoms with Gasteiger partial charge in [-0.25, -0.2) is 0 Å². The number of hydrogen-bond acceptors (Lipinski definition) is 2. The Kier molecular flexibility index (Phi) is 3.68. The minimum absolute atomic E-state index is 0.0131. The van der Waals surface area contributed by atoms with Gasteiger partial charge in [-0.15, -0.1) is 0 Å². The van der Waals surface area contributed by atoms with Crippen LogP contribution in [0.3, 0.4) is 0 Å². The zero-order valence-corrected chi connectivity index (χ0v) is 9.92. The Hall–Kier alpha value is -1.50. The number of benzene rings is 1. The number of carbonyl (C=O) groups is 1. The molecule has 0 heterocycles. The molecule has 1 saturated carbocycles. The molecule has 0 unspecified atom stereocenters. The number of nitrogens with one attached hydrogen (secondary N) is 1. The molecule has 1 aliphatic rings. The zero-order chi connectivity index (χ0) is 12.3. The van der Waals surface area contributed by atoms with Gasteiger partial charge in [0.15, 0.2) is 0 Å². The van der Waals surface area contributed by atoms with Crippen LogP contribution in [0.2, 0.25) is 5.02 Å². The number of aliphatic hydroxyl groups is 1. The molecular formula is C13H12ClNO2. The molecule has 2 N–H and O–H groups in total. The van der Waals surface area contributed by atoms with Gasteiger partial charge in [0.1, 0.15) is 6.61 Å². The fourth-order valence-corrected chi connectivity index (χ4v) is 1.59. The van der Waals surface area contributed by atoms with E-state index < -0.39 is 0 Å². The smallest absolute Gasteiger partial charge is 0.227 e. The van der Waals surface area contributed by atoms with Crippen LogP contribution in [0.15, 0.2) is 18.2 Å². The van der Waals surface area contributed by atoms with Crippen molar-refractivity contribution in [1.82, 2.24) is 0 Å². The van der Waals surface area contributed by atoms with Crippen LogP contribution < -0.4 is 5.32 Å². The first-order chi connectivity index (χ1) is 8.20. The number of anilines is 1. The van der Waals surface area contributed by atoms with E-state index in [1.807, 2.05) is 0 Å². The van der Waals surface area contributed by atoms with Crippen LogP contribution in [0.25, 0.3) is 0 Å². The van der Waals surface area contributed by atoms with E-state index in [9.17, 15) is 4.79 Å². The number of rotatable bonds is 2. The fraction of sp³-hybridized carbons (Fsp3) is 0.308. The van der Waals surface area contributed by atoms with Gasteiger partial charge in [0.2, 0.25) is 5.91 Å². The molecule has 0 aromatic heterocycles. The maximum Gasteiger partial charge on any atom is 0.227 e. The summed E-state index contributed by atoms with van der Waals surface area (Å²) >= 11 is 5.99. The Morgan fingerprint density at radius 1 is 1.53 bits per heavy atom. The van der Waals surface area contributed by atoms with Crippen molar-refractivity contribution in [1.29, 1.82) is 0 Å². The molecule has 17 heavy (non-hydrogen) atoms. The number of halogens is 1.